The minimum Gasteiger partial charge on any atom is -0.395 e. The molecular weight excluding hydrogens is 263 g/mol. The summed E-state index contributed by atoms with van der Waals surface area (Å²) in [6.45, 7) is 3.90. The summed E-state index contributed by atoms with van der Waals surface area (Å²) >= 11 is 11.6. The van der Waals surface area contributed by atoms with Crippen LogP contribution < -0.4 is 0 Å². The second-order valence-electron chi connectivity index (χ2n) is 3.23. The molecule has 17 heavy (non-hydrogen) atoms. The van der Waals surface area contributed by atoms with E-state index < -0.39 is 0 Å². The molecule has 0 saturated heterocycles. The lowest BCUT2D eigenvalue weighted by molar-refractivity contribution is 0.0737. The summed E-state index contributed by atoms with van der Waals surface area (Å²) in [6.07, 6.45) is 1.56. The molecule has 1 rings (SSSR count). The van der Waals surface area contributed by atoms with Crippen molar-refractivity contribution < 1.29 is 9.90 Å². The Labute approximate surface area is 109 Å². The topological polar surface area (TPSA) is 53.4 Å². The zero-order valence-corrected chi connectivity index (χ0v) is 10.6. The van der Waals surface area contributed by atoms with Crippen LogP contribution in [-0.2, 0) is 0 Å². The van der Waals surface area contributed by atoms with Crippen molar-refractivity contribution in [1.29, 1.82) is 0 Å². The molecule has 0 spiro atoms. The number of hydrogen-bond donors (Lipinski definition) is 1. The van der Waals surface area contributed by atoms with Gasteiger partial charge in [-0.05, 0) is 12.1 Å². The largest absolute Gasteiger partial charge is 0.395 e. The van der Waals surface area contributed by atoms with Gasteiger partial charge in [-0.2, -0.15) is 0 Å². The zero-order valence-electron chi connectivity index (χ0n) is 9.07. The molecule has 0 aliphatic heterocycles. The lowest BCUT2D eigenvalue weighted by atomic mass is 10.3. The van der Waals surface area contributed by atoms with E-state index in [9.17, 15) is 4.79 Å². The van der Waals surface area contributed by atoms with Crippen molar-refractivity contribution in [3.63, 3.8) is 0 Å². The van der Waals surface area contributed by atoms with Gasteiger partial charge < -0.3 is 10.0 Å². The number of pyridine rings is 1. The second kappa shape index (κ2) is 6.59. The molecule has 92 valence electrons. The number of carbonyl (C=O) groups is 1. The number of amides is 1. The number of hydrogen-bond acceptors (Lipinski definition) is 3. The fourth-order valence-corrected chi connectivity index (χ4v) is 1.60. The fourth-order valence-electron chi connectivity index (χ4n) is 1.27. The molecule has 1 N–H and O–H groups in total. The van der Waals surface area contributed by atoms with Gasteiger partial charge in [-0.1, -0.05) is 29.3 Å². The molecular formula is C11H12Cl2N2O2. The van der Waals surface area contributed by atoms with Gasteiger partial charge in [-0.3, -0.25) is 4.79 Å². The Morgan fingerprint density at radius 1 is 1.53 bits per heavy atom. The highest BCUT2D eigenvalue weighted by Gasteiger charge is 2.19. The van der Waals surface area contributed by atoms with Crippen molar-refractivity contribution in [1.82, 2.24) is 9.88 Å². The maximum Gasteiger partial charge on any atom is 0.274 e. The molecule has 0 unspecified atom stereocenters. The van der Waals surface area contributed by atoms with E-state index >= 15 is 0 Å². The van der Waals surface area contributed by atoms with E-state index in [0.29, 0.717) is 6.54 Å². The van der Waals surface area contributed by atoms with Gasteiger partial charge in [0.25, 0.3) is 5.91 Å². The van der Waals surface area contributed by atoms with Crippen LogP contribution in [0.3, 0.4) is 0 Å². The maximum atomic E-state index is 12.1. The summed E-state index contributed by atoms with van der Waals surface area (Å²) < 4.78 is 0. The van der Waals surface area contributed by atoms with E-state index in [4.69, 9.17) is 28.3 Å². The van der Waals surface area contributed by atoms with E-state index in [1.807, 2.05) is 0 Å². The molecule has 1 aromatic heterocycles. The van der Waals surface area contributed by atoms with Gasteiger partial charge in [0.15, 0.2) is 0 Å². The van der Waals surface area contributed by atoms with E-state index in [2.05, 4.69) is 11.6 Å². The number of rotatable bonds is 5. The monoisotopic (exact) mass is 274 g/mol. The summed E-state index contributed by atoms with van der Waals surface area (Å²) in [5, 5.41) is 9.30. The minimum atomic E-state index is -0.383. The van der Waals surface area contributed by atoms with E-state index in [1.54, 1.807) is 6.08 Å². The van der Waals surface area contributed by atoms with E-state index in [0.717, 1.165) is 0 Å². The average molecular weight is 275 g/mol. The van der Waals surface area contributed by atoms with Gasteiger partial charge in [0.1, 0.15) is 10.8 Å². The summed E-state index contributed by atoms with van der Waals surface area (Å²) in [5.41, 5.74) is 0.0782. The normalized spacial score (nSPS) is 10.1. The first-order valence-electron chi connectivity index (χ1n) is 4.93. The van der Waals surface area contributed by atoms with Gasteiger partial charge in [-0.25, -0.2) is 4.98 Å². The Morgan fingerprint density at radius 2 is 2.24 bits per heavy atom. The lowest BCUT2D eigenvalue weighted by Gasteiger charge is -2.19. The molecule has 0 aliphatic carbocycles. The Kier molecular flexibility index (Phi) is 5.41. The molecule has 1 aromatic rings. The summed E-state index contributed by atoms with van der Waals surface area (Å²) in [5.74, 6) is -0.383. The van der Waals surface area contributed by atoms with Crippen LogP contribution in [0.1, 0.15) is 10.5 Å². The molecule has 0 fully saturated rings. The Bertz CT molecular complexity index is 424. The number of aromatic nitrogens is 1. The highest BCUT2D eigenvalue weighted by Crippen LogP contribution is 2.18. The van der Waals surface area contributed by atoms with Crippen LogP contribution in [0, 0.1) is 0 Å². The number of halogens is 2. The molecule has 0 atom stereocenters. The van der Waals surface area contributed by atoms with Crippen LogP contribution in [-0.4, -0.2) is 40.6 Å². The quantitative estimate of drug-likeness (QED) is 0.660. The van der Waals surface area contributed by atoms with Crippen LogP contribution in [0.5, 0.6) is 0 Å². The van der Waals surface area contributed by atoms with Crippen LogP contribution in [0.4, 0.5) is 0 Å². The molecule has 0 bridgehead atoms. The van der Waals surface area contributed by atoms with Crippen LogP contribution in [0.25, 0.3) is 0 Å². The number of carbonyl (C=O) groups excluding carboxylic acids is 1. The van der Waals surface area contributed by atoms with Gasteiger partial charge in [-0.15, -0.1) is 6.58 Å². The fraction of sp³-hybridized carbons (Fsp3) is 0.273. The summed E-state index contributed by atoms with van der Waals surface area (Å²) in [4.78, 5) is 17.3. The Morgan fingerprint density at radius 3 is 2.82 bits per heavy atom. The van der Waals surface area contributed by atoms with Crippen LogP contribution in [0.2, 0.25) is 10.2 Å². The van der Waals surface area contributed by atoms with E-state index in [-0.39, 0.29) is 34.9 Å². The van der Waals surface area contributed by atoms with Crippen molar-refractivity contribution in [2.24, 2.45) is 0 Å². The van der Waals surface area contributed by atoms with Crippen LogP contribution in [0.15, 0.2) is 24.8 Å². The van der Waals surface area contributed by atoms with Crippen LogP contribution >= 0.6 is 23.2 Å². The van der Waals surface area contributed by atoms with E-state index in [1.165, 1.54) is 17.0 Å². The molecule has 0 aliphatic rings. The molecule has 0 saturated carbocycles. The number of aliphatic hydroxyl groups is 1. The number of nitrogens with zero attached hydrogens (tertiary/aromatic N) is 2. The lowest BCUT2D eigenvalue weighted by Crippen LogP contribution is -2.34. The Balaban J connectivity index is 2.99. The third-order valence-corrected chi connectivity index (χ3v) is 2.54. The smallest absolute Gasteiger partial charge is 0.274 e. The first kappa shape index (κ1) is 14.0. The molecule has 0 radical (unpaired) electrons. The zero-order chi connectivity index (χ0) is 12.8. The predicted molar refractivity (Wildman–Crippen MR) is 67.4 cm³/mol. The van der Waals surface area contributed by atoms with Crippen molar-refractivity contribution >= 4 is 29.1 Å². The van der Waals surface area contributed by atoms with Gasteiger partial charge >= 0.3 is 0 Å². The van der Waals surface area contributed by atoms with Gasteiger partial charge in [0.05, 0.1) is 11.6 Å². The standard InChI is InChI=1S/C11H12Cl2N2O2/c1-2-5-15(6-7-16)11(17)10-8(12)3-4-9(13)14-10/h2-4,16H,1,5-7H2. The molecule has 1 heterocycles. The first-order chi connectivity index (χ1) is 8.10. The first-order valence-corrected chi connectivity index (χ1v) is 5.68. The summed E-state index contributed by atoms with van der Waals surface area (Å²) in [6, 6.07) is 3.01. The van der Waals surface area contributed by atoms with Gasteiger partial charge in [0.2, 0.25) is 0 Å². The van der Waals surface area contributed by atoms with Crippen molar-refractivity contribution in [2.45, 2.75) is 0 Å². The number of aliphatic hydroxyl groups excluding tert-OH is 1. The minimum absolute atomic E-state index is 0.0782. The van der Waals surface area contributed by atoms with Crippen molar-refractivity contribution in [3.8, 4) is 0 Å². The highest BCUT2D eigenvalue weighted by atomic mass is 35.5. The highest BCUT2D eigenvalue weighted by molar-refractivity contribution is 6.34. The molecule has 0 aromatic carbocycles. The second-order valence-corrected chi connectivity index (χ2v) is 4.02. The molecule has 6 heteroatoms. The maximum absolute atomic E-state index is 12.1. The summed E-state index contributed by atoms with van der Waals surface area (Å²) in [7, 11) is 0. The third kappa shape index (κ3) is 3.70. The third-order valence-electron chi connectivity index (χ3n) is 2.02. The molecule has 1 amide bonds. The average Bonchev–Trinajstić information content (AvgIpc) is 2.31. The Hall–Kier alpha value is -1.10. The van der Waals surface area contributed by atoms with Gasteiger partial charge in [0, 0.05) is 13.1 Å². The molecule has 4 nitrogen and oxygen atoms in total. The van der Waals surface area contributed by atoms with Crippen molar-refractivity contribution in [3.05, 3.63) is 40.7 Å². The van der Waals surface area contributed by atoms with Crippen molar-refractivity contribution in [2.75, 3.05) is 19.7 Å². The predicted octanol–water partition coefficient (Wildman–Crippen LogP) is 2.01. The SMILES string of the molecule is C=CCN(CCO)C(=O)c1nc(Cl)ccc1Cl.